The van der Waals surface area contributed by atoms with Crippen LogP contribution in [0, 0.1) is 6.92 Å². The summed E-state index contributed by atoms with van der Waals surface area (Å²) in [5.74, 6) is 0. The largest absolute Gasteiger partial charge is 0.390 e. The molecular weight excluding hydrogens is 222 g/mol. The van der Waals surface area contributed by atoms with E-state index in [2.05, 4.69) is 17.2 Å². The van der Waals surface area contributed by atoms with Gasteiger partial charge < -0.3 is 15.3 Å². The lowest BCUT2D eigenvalue weighted by molar-refractivity contribution is 0.132. The molecule has 0 saturated heterocycles. The van der Waals surface area contributed by atoms with Crippen molar-refractivity contribution in [2.45, 2.75) is 26.0 Å². The van der Waals surface area contributed by atoms with Gasteiger partial charge in [-0.25, -0.2) is 4.98 Å². The first-order valence-electron chi connectivity index (χ1n) is 5.47. The van der Waals surface area contributed by atoms with Gasteiger partial charge in [-0.1, -0.05) is 0 Å². The highest BCUT2D eigenvalue weighted by atomic mass is 32.1. The lowest BCUT2D eigenvalue weighted by atomic mass is 10.2. The van der Waals surface area contributed by atoms with Gasteiger partial charge in [-0.15, -0.1) is 11.3 Å². The van der Waals surface area contributed by atoms with E-state index in [-0.39, 0.29) is 12.1 Å². The maximum Gasteiger partial charge on any atom is 0.0897 e. The molecule has 2 N–H and O–H groups in total. The summed E-state index contributed by atoms with van der Waals surface area (Å²) in [5.41, 5.74) is 0. The number of thiazole rings is 1. The van der Waals surface area contributed by atoms with Crippen molar-refractivity contribution in [3.8, 4) is 0 Å². The first-order valence-corrected chi connectivity index (χ1v) is 6.29. The number of likely N-dealkylation sites (N-methyl/N-ethyl adjacent to an activating group) is 1. The molecule has 0 bridgehead atoms. The maximum atomic E-state index is 9.70. The average molecular weight is 243 g/mol. The molecule has 92 valence electrons. The Morgan fingerprint density at radius 2 is 2.25 bits per heavy atom. The van der Waals surface area contributed by atoms with Crippen molar-refractivity contribution in [3.05, 3.63) is 16.1 Å². The first kappa shape index (κ1) is 13.6. The number of hydrogen-bond donors (Lipinski definition) is 2. The summed E-state index contributed by atoms with van der Waals surface area (Å²) in [5, 5.41) is 14.1. The van der Waals surface area contributed by atoms with Crippen LogP contribution < -0.4 is 5.32 Å². The number of aryl methyl sites for hydroxylation is 1. The third-order valence-electron chi connectivity index (χ3n) is 2.30. The summed E-state index contributed by atoms with van der Waals surface area (Å²) in [7, 11) is 3.92. The predicted octanol–water partition coefficient (Wildman–Crippen LogP) is 1.02. The van der Waals surface area contributed by atoms with Crippen LogP contribution in [-0.4, -0.2) is 48.3 Å². The van der Waals surface area contributed by atoms with Gasteiger partial charge in [0, 0.05) is 30.2 Å². The molecule has 0 aliphatic rings. The van der Waals surface area contributed by atoms with Crippen molar-refractivity contribution < 1.29 is 5.11 Å². The van der Waals surface area contributed by atoms with Gasteiger partial charge in [0.25, 0.3) is 0 Å². The topological polar surface area (TPSA) is 48.4 Å². The Morgan fingerprint density at radius 1 is 1.56 bits per heavy atom. The molecule has 0 aromatic carbocycles. The van der Waals surface area contributed by atoms with Crippen molar-refractivity contribution in [1.29, 1.82) is 0 Å². The van der Waals surface area contributed by atoms with Crippen molar-refractivity contribution >= 4 is 11.3 Å². The SMILES string of the molecule is Cc1ncc(C(C)NCC(O)CN(C)C)s1. The lowest BCUT2D eigenvalue weighted by Crippen LogP contribution is -2.35. The van der Waals surface area contributed by atoms with Crippen LogP contribution in [-0.2, 0) is 0 Å². The Bertz CT molecular complexity index is 314. The van der Waals surface area contributed by atoms with Crippen molar-refractivity contribution in [2.24, 2.45) is 0 Å². The molecule has 0 aliphatic carbocycles. The fourth-order valence-corrected chi connectivity index (χ4v) is 2.29. The first-order chi connectivity index (χ1) is 7.49. The number of aliphatic hydroxyl groups is 1. The number of hydrogen-bond acceptors (Lipinski definition) is 5. The molecule has 1 aromatic rings. The van der Waals surface area contributed by atoms with Gasteiger partial charge in [0.15, 0.2) is 0 Å². The van der Waals surface area contributed by atoms with Crippen LogP contribution in [0.3, 0.4) is 0 Å². The smallest absolute Gasteiger partial charge is 0.0897 e. The van der Waals surface area contributed by atoms with Crippen LogP contribution in [0.25, 0.3) is 0 Å². The number of nitrogens with zero attached hydrogens (tertiary/aromatic N) is 2. The monoisotopic (exact) mass is 243 g/mol. The molecule has 0 saturated carbocycles. The highest BCUT2D eigenvalue weighted by Gasteiger charge is 2.11. The van der Waals surface area contributed by atoms with Crippen LogP contribution in [0.4, 0.5) is 0 Å². The van der Waals surface area contributed by atoms with Gasteiger partial charge in [0.05, 0.1) is 11.1 Å². The highest BCUT2D eigenvalue weighted by molar-refractivity contribution is 7.11. The van der Waals surface area contributed by atoms with Crippen molar-refractivity contribution in [3.63, 3.8) is 0 Å². The van der Waals surface area contributed by atoms with E-state index in [1.54, 1.807) is 11.3 Å². The standard InChI is InChI=1S/C11H21N3OS/c1-8(11-6-13-9(2)16-11)12-5-10(15)7-14(3)4/h6,8,10,12,15H,5,7H2,1-4H3. The van der Waals surface area contributed by atoms with Gasteiger partial charge in [0.1, 0.15) is 0 Å². The zero-order valence-electron chi connectivity index (χ0n) is 10.4. The Hall–Kier alpha value is -0.490. The lowest BCUT2D eigenvalue weighted by Gasteiger charge is -2.18. The van der Waals surface area contributed by atoms with Crippen LogP contribution in [0.15, 0.2) is 6.20 Å². The highest BCUT2D eigenvalue weighted by Crippen LogP contribution is 2.19. The van der Waals surface area contributed by atoms with E-state index in [4.69, 9.17) is 0 Å². The summed E-state index contributed by atoms with van der Waals surface area (Å²) < 4.78 is 0. The van der Waals surface area contributed by atoms with E-state index in [0.29, 0.717) is 13.1 Å². The minimum atomic E-state index is -0.327. The molecule has 16 heavy (non-hydrogen) atoms. The third kappa shape index (κ3) is 4.57. The molecular formula is C11H21N3OS. The number of aliphatic hydroxyl groups excluding tert-OH is 1. The van der Waals surface area contributed by atoms with E-state index in [1.165, 1.54) is 4.88 Å². The minimum Gasteiger partial charge on any atom is -0.390 e. The summed E-state index contributed by atoms with van der Waals surface area (Å²) in [6.45, 7) is 5.38. The fraction of sp³-hybridized carbons (Fsp3) is 0.727. The quantitative estimate of drug-likeness (QED) is 0.783. The molecule has 0 spiro atoms. The van der Waals surface area contributed by atoms with Gasteiger partial charge in [-0.05, 0) is 27.9 Å². The van der Waals surface area contributed by atoms with Gasteiger partial charge in [-0.2, -0.15) is 0 Å². The Kier molecular flexibility index (Phi) is 5.34. The second kappa shape index (κ2) is 6.30. The second-order valence-electron chi connectivity index (χ2n) is 4.33. The van der Waals surface area contributed by atoms with E-state index in [0.717, 1.165) is 5.01 Å². The summed E-state index contributed by atoms with van der Waals surface area (Å²) >= 11 is 1.70. The predicted molar refractivity (Wildman–Crippen MR) is 67.8 cm³/mol. The summed E-state index contributed by atoms with van der Waals surface area (Å²) in [4.78, 5) is 7.42. The molecule has 1 heterocycles. The Balaban J connectivity index is 2.32. The van der Waals surface area contributed by atoms with E-state index in [1.807, 2.05) is 32.1 Å². The van der Waals surface area contributed by atoms with Crippen LogP contribution in [0.5, 0.6) is 0 Å². The minimum absolute atomic E-state index is 0.253. The third-order valence-corrected chi connectivity index (χ3v) is 3.40. The number of aromatic nitrogens is 1. The van der Waals surface area contributed by atoms with Gasteiger partial charge >= 0.3 is 0 Å². The summed E-state index contributed by atoms with van der Waals surface area (Å²) in [6, 6.07) is 0.253. The molecule has 0 amide bonds. The van der Waals surface area contributed by atoms with Crippen LogP contribution in [0.1, 0.15) is 22.9 Å². The zero-order valence-corrected chi connectivity index (χ0v) is 11.2. The number of rotatable bonds is 6. The normalized spacial score (nSPS) is 15.4. The molecule has 2 atom stereocenters. The summed E-state index contributed by atoms with van der Waals surface area (Å²) in [6.07, 6.45) is 1.57. The molecule has 1 rings (SSSR count). The Morgan fingerprint density at radius 3 is 2.75 bits per heavy atom. The van der Waals surface area contributed by atoms with E-state index < -0.39 is 0 Å². The molecule has 1 aromatic heterocycles. The molecule has 2 unspecified atom stereocenters. The van der Waals surface area contributed by atoms with Crippen molar-refractivity contribution in [2.75, 3.05) is 27.2 Å². The second-order valence-corrected chi connectivity index (χ2v) is 5.59. The van der Waals surface area contributed by atoms with Crippen LogP contribution in [0.2, 0.25) is 0 Å². The average Bonchev–Trinajstić information content (AvgIpc) is 2.60. The molecule has 4 nitrogen and oxygen atoms in total. The zero-order chi connectivity index (χ0) is 12.1. The van der Waals surface area contributed by atoms with E-state index in [9.17, 15) is 5.11 Å². The van der Waals surface area contributed by atoms with Crippen LogP contribution >= 0.6 is 11.3 Å². The molecule has 5 heteroatoms. The van der Waals surface area contributed by atoms with Gasteiger partial charge in [0.2, 0.25) is 0 Å². The Labute approximate surface area is 101 Å². The maximum absolute atomic E-state index is 9.70. The van der Waals surface area contributed by atoms with E-state index >= 15 is 0 Å². The molecule has 0 fully saturated rings. The molecule has 0 aliphatic heterocycles. The van der Waals surface area contributed by atoms with Gasteiger partial charge in [-0.3, -0.25) is 0 Å². The molecule has 0 radical (unpaired) electrons. The number of nitrogens with one attached hydrogen (secondary N) is 1. The van der Waals surface area contributed by atoms with Crippen molar-refractivity contribution in [1.82, 2.24) is 15.2 Å². The fourth-order valence-electron chi connectivity index (χ4n) is 1.48.